The molecule has 0 aromatic heterocycles. The molecule has 0 saturated heterocycles. The summed E-state index contributed by atoms with van der Waals surface area (Å²) >= 11 is 5.46. The smallest absolute Gasteiger partial charge is 0.226 e. The zero-order valence-electron chi connectivity index (χ0n) is 15.0. The fourth-order valence-electron chi connectivity index (χ4n) is 3.05. The van der Waals surface area contributed by atoms with Gasteiger partial charge in [-0.05, 0) is 62.2 Å². The molecule has 1 heterocycles. The van der Waals surface area contributed by atoms with E-state index in [-0.39, 0.29) is 5.91 Å². The van der Waals surface area contributed by atoms with E-state index in [1.807, 2.05) is 48.2 Å². The van der Waals surface area contributed by atoms with E-state index in [1.165, 1.54) is 11.1 Å². The second kappa shape index (κ2) is 8.81. The number of carbonyl (C=O) groups excluding carboxylic acids is 1. The van der Waals surface area contributed by atoms with Crippen LogP contribution in [-0.4, -0.2) is 24.2 Å². The first-order chi connectivity index (χ1) is 12.6. The number of ether oxygens (including phenoxy) is 1. The van der Waals surface area contributed by atoms with Crippen LogP contribution in [0.2, 0.25) is 0 Å². The number of nitrogens with zero attached hydrogens (tertiary/aromatic N) is 1. The lowest BCUT2D eigenvalue weighted by molar-refractivity contribution is -0.119. The molecule has 0 spiro atoms. The Labute approximate surface area is 160 Å². The van der Waals surface area contributed by atoms with Gasteiger partial charge in [0, 0.05) is 18.7 Å². The molecule has 136 valence electrons. The molecule has 0 aliphatic carbocycles. The molecule has 0 bridgehead atoms. The van der Waals surface area contributed by atoms with Crippen LogP contribution in [0.25, 0.3) is 0 Å². The average molecular weight is 369 g/mol. The molecular weight excluding hydrogens is 344 g/mol. The quantitative estimate of drug-likeness (QED) is 0.640. The summed E-state index contributed by atoms with van der Waals surface area (Å²) in [6.07, 6.45) is 3.14. The van der Waals surface area contributed by atoms with Gasteiger partial charge in [0.2, 0.25) is 5.91 Å². The van der Waals surface area contributed by atoms with Crippen molar-refractivity contribution in [3.63, 3.8) is 0 Å². The number of aryl methyl sites for hydroxylation is 2. The van der Waals surface area contributed by atoms with Crippen LogP contribution < -0.4 is 15.0 Å². The van der Waals surface area contributed by atoms with Gasteiger partial charge < -0.3 is 15.0 Å². The Morgan fingerprint density at radius 1 is 1.19 bits per heavy atom. The van der Waals surface area contributed by atoms with Gasteiger partial charge in [-0.15, -0.1) is 0 Å². The number of anilines is 1. The van der Waals surface area contributed by atoms with E-state index in [2.05, 4.69) is 17.4 Å². The van der Waals surface area contributed by atoms with Gasteiger partial charge in [-0.25, -0.2) is 0 Å². The molecule has 1 aliphatic heterocycles. The van der Waals surface area contributed by atoms with Gasteiger partial charge in [0.25, 0.3) is 0 Å². The second-order valence-electron chi connectivity index (χ2n) is 6.50. The van der Waals surface area contributed by atoms with Crippen LogP contribution in [0.4, 0.5) is 5.69 Å². The molecule has 0 unspecified atom stereocenters. The summed E-state index contributed by atoms with van der Waals surface area (Å²) < 4.78 is 5.66. The van der Waals surface area contributed by atoms with Gasteiger partial charge >= 0.3 is 0 Å². The lowest BCUT2D eigenvalue weighted by Gasteiger charge is -2.31. The number of nitrogens with one attached hydrogen (secondary N) is 1. The molecular formula is C21H24N2O2S. The molecule has 2 aromatic carbocycles. The Hall–Kier alpha value is -2.40. The third-order valence-electron chi connectivity index (χ3n) is 4.44. The first-order valence-electron chi connectivity index (χ1n) is 9.02. The summed E-state index contributed by atoms with van der Waals surface area (Å²) in [4.78, 5) is 14.2. The van der Waals surface area contributed by atoms with Crippen LogP contribution in [0.5, 0.6) is 5.75 Å². The molecule has 2 aromatic rings. The summed E-state index contributed by atoms with van der Waals surface area (Å²) in [6, 6.07) is 16.1. The standard InChI is InChI=1S/C21H24N2O2S/c1-16-10-12-18(13-11-16)25-15-5-9-20(24)22-21(26)23-14-4-7-17-6-2-3-8-19(17)23/h2-3,6,8,10-13H,4-5,7,9,14-15H2,1H3,(H,22,24,26). The van der Waals surface area contributed by atoms with Gasteiger partial charge in [0.1, 0.15) is 5.75 Å². The zero-order valence-corrected chi connectivity index (χ0v) is 15.8. The van der Waals surface area contributed by atoms with Gasteiger partial charge in [-0.3, -0.25) is 4.79 Å². The molecule has 0 fully saturated rings. The Morgan fingerprint density at radius 3 is 2.77 bits per heavy atom. The van der Waals surface area contributed by atoms with Crippen LogP contribution in [0.1, 0.15) is 30.4 Å². The van der Waals surface area contributed by atoms with Crippen LogP contribution >= 0.6 is 12.2 Å². The van der Waals surface area contributed by atoms with Crippen molar-refractivity contribution in [2.75, 3.05) is 18.1 Å². The SMILES string of the molecule is Cc1ccc(OCCCC(=O)NC(=S)N2CCCc3ccccc32)cc1. The van der Waals surface area contributed by atoms with E-state index >= 15 is 0 Å². The maximum absolute atomic E-state index is 12.2. The molecule has 1 aliphatic rings. The summed E-state index contributed by atoms with van der Waals surface area (Å²) in [5.41, 5.74) is 3.58. The van der Waals surface area contributed by atoms with E-state index in [4.69, 9.17) is 17.0 Å². The highest BCUT2D eigenvalue weighted by Crippen LogP contribution is 2.26. The van der Waals surface area contributed by atoms with Gasteiger partial charge in [0.05, 0.1) is 6.61 Å². The monoisotopic (exact) mass is 368 g/mol. The number of rotatable bonds is 5. The maximum atomic E-state index is 12.2. The van der Waals surface area contributed by atoms with Crippen molar-refractivity contribution in [3.05, 3.63) is 59.7 Å². The molecule has 3 rings (SSSR count). The molecule has 1 amide bonds. The average Bonchev–Trinajstić information content (AvgIpc) is 2.66. The predicted octanol–water partition coefficient (Wildman–Crippen LogP) is 4.01. The van der Waals surface area contributed by atoms with Gasteiger partial charge in [0.15, 0.2) is 5.11 Å². The molecule has 0 radical (unpaired) electrons. The molecule has 5 heteroatoms. The first kappa shape index (κ1) is 18.4. The lowest BCUT2D eigenvalue weighted by atomic mass is 10.0. The van der Waals surface area contributed by atoms with Crippen molar-refractivity contribution >= 4 is 28.9 Å². The highest BCUT2D eigenvalue weighted by Gasteiger charge is 2.20. The largest absolute Gasteiger partial charge is 0.494 e. The summed E-state index contributed by atoms with van der Waals surface area (Å²) in [7, 11) is 0. The van der Waals surface area contributed by atoms with Crippen molar-refractivity contribution < 1.29 is 9.53 Å². The Kier molecular flexibility index (Phi) is 6.23. The lowest BCUT2D eigenvalue weighted by Crippen LogP contribution is -2.45. The van der Waals surface area contributed by atoms with Crippen molar-refractivity contribution in [1.29, 1.82) is 0 Å². The third-order valence-corrected chi connectivity index (χ3v) is 4.76. The normalized spacial score (nSPS) is 13.0. The number of carbonyl (C=O) groups is 1. The van der Waals surface area contributed by atoms with Gasteiger partial charge in [-0.1, -0.05) is 35.9 Å². The third kappa shape index (κ3) is 4.82. The maximum Gasteiger partial charge on any atom is 0.226 e. The van der Waals surface area contributed by atoms with Crippen molar-refractivity contribution in [2.45, 2.75) is 32.6 Å². The topological polar surface area (TPSA) is 41.6 Å². The van der Waals surface area contributed by atoms with Crippen LogP contribution in [0, 0.1) is 6.92 Å². The van der Waals surface area contributed by atoms with Gasteiger partial charge in [-0.2, -0.15) is 0 Å². The predicted molar refractivity (Wildman–Crippen MR) is 109 cm³/mol. The minimum atomic E-state index is -0.0643. The highest BCUT2D eigenvalue weighted by molar-refractivity contribution is 7.80. The van der Waals surface area contributed by atoms with Crippen LogP contribution in [-0.2, 0) is 11.2 Å². The molecule has 0 atom stereocenters. The van der Waals surface area contributed by atoms with E-state index in [0.29, 0.717) is 24.6 Å². The number of hydrogen-bond donors (Lipinski definition) is 1. The fraction of sp³-hybridized carbons (Fsp3) is 0.333. The minimum absolute atomic E-state index is 0.0643. The van der Waals surface area contributed by atoms with E-state index < -0.39 is 0 Å². The minimum Gasteiger partial charge on any atom is -0.494 e. The number of para-hydroxylation sites is 1. The van der Waals surface area contributed by atoms with Crippen LogP contribution in [0.3, 0.4) is 0 Å². The second-order valence-corrected chi connectivity index (χ2v) is 6.89. The first-order valence-corrected chi connectivity index (χ1v) is 9.43. The number of fused-ring (bicyclic) bond motifs is 1. The molecule has 4 nitrogen and oxygen atoms in total. The van der Waals surface area contributed by atoms with Crippen molar-refractivity contribution in [3.8, 4) is 5.75 Å². The van der Waals surface area contributed by atoms with E-state index in [9.17, 15) is 4.79 Å². The summed E-state index contributed by atoms with van der Waals surface area (Å²) in [5.74, 6) is 0.766. The van der Waals surface area contributed by atoms with Crippen LogP contribution in [0.15, 0.2) is 48.5 Å². The summed E-state index contributed by atoms with van der Waals surface area (Å²) in [5, 5.41) is 3.35. The molecule has 1 N–H and O–H groups in total. The Morgan fingerprint density at radius 2 is 1.96 bits per heavy atom. The number of thiocarbonyl (C=S) groups is 1. The van der Waals surface area contributed by atoms with Crippen molar-refractivity contribution in [1.82, 2.24) is 5.32 Å². The number of benzene rings is 2. The number of amides is 1. The Balaban J connectivity index is 1.43. The summed E-state index contributed by atoms with van der Waals surface area (Å²) in [6.45, 7) is 3.39. The fourth-order valence-corrected chi connectivity index (χ4v) is 3.35. The highest BCUT2D eigenvalue weighted by atomic mass is 32.1. The zero-order chi connectivity index (χ0) is 18.4. The Bertz CT molecular complexity index is 774. The van der Waals surface area contributed by atoms with Crippen molar-refractivity contribution in [2.24, 2.45) is 0 Å². The van der Waals surface area contributed by atoms with E-state index in [0.717, 1.165) is 30.8 Å². The number of hydrogen-bond acceptors (Lipinski definition) is 3. The molecule has 0 saturated carbocycles. The molecule has 26 heavy (non-hydrogen) atoms. The van der Waals surface area contributed by atoms with E-state index in [1.54, 1.807) is 0 Å².